The lowest BCUT2D eigenvalue weighted by Gasteiger charge is -2.25. The molecular formula is C15H22N2. The molecule has 0 amide bonds. The van der Waals surface area contributed by atoms with Crippen LogP contribution in [0.1, 0.15) is 48.9 Å². The number of hydrogen-bond donors (Lipinski definition) is 1. The number of pyridine rings is 1. The van der Waals surface area contributed by atoms with Crippen LogP contribution >= 0.6 is 0 Å². The maximum atomic E-state index is 4.72. The summed E-state index contributed by atoms with van der Waals surface area (Å²) < 4.78 is 0. The third-order valence-electron chi connectivity index (χ3n) is 4.34. The van der Waals surface area contributed by atoms with E-state index in [-0.39, 0.29) is 0 Å². The highest BCUT2D eigenvalue weighted by atomic mass is 14.9. The second-order valence-corrected chi connectivity index (χ2v) is 5.75. The van der Waals surface area contributed by atoms with E-state index in [1.165, 1.54) is 62.0 Å². The van der Waals surface area contributed by atoms with E-state index in [0.717, 1.165) is 11.8 Å². The molecule has 92 valence electrons. The topological polar surface area (TPSA) is 24.9 Å². The van der Waals surface area contributed by atoms with Crippen LogP contribution in [0.25, 0.3) is 0 Å². The van der Waals surface area contributed by atoms with E-state index in [4.69, 9.17) is 4.98 Å². The van der Waals surface area contributed by atoms with E-state index >= 15 is 0 Å². The Hall–Kier alpha value is -0.890. The standard InChI is InChI=1S/C15H22N2/c1-11-2-3-13-9-14(10-17-15(13)8-11)12-4-6-16-7-5-12/h9-12,16H,2-8H2,1H3. The smallest absolute Gasteiger partial charge is 0.0438 e. The van der Waals surface area contributed by atoms with Gasteiger partial charge < -0.3 is 5.32 Å². The van der Waals surface area contributed by atoms with E-state index in [9.17, 15) is 0 Å². The number of nitrogens with zero attached hydrogens (tertiary/aromatic N) is 1. The van der Waals surface area contributed by atoms with Gasteiger partial charge in [0.25, 0.3) is 0 Å². The molecule has 1 atom stereocenters. The summed E-state index contributed by atoms with van der Waals surface area (Å²) in [7, 11) is 0. The average molecular weight is 230 g/mol. The minimum atomic E-state index is 0.744. The van der Waals surface area contributed by atoms with Gasteiger partial charge in [0.2, 0.25) is 0 Å². The molecule has 1 aromatic heterocycles. The van der Waals surface area contributed by atoms with Gasteiger partial charge in [-0.3, -0.25) is 4.98 Å². The molecule has 1 aliphatic carbocycles. The van der Waals surface area contributed by atoms with Crippen molar-refractivity contribution >= 4 is 0 Å². The molecule has 2 heterocycles. The van der Waals surface area contributed by atoms with Crippen molar-refractivity contribution in [1.29, 1.82) is 0 Å². The molecule has 0 bridgehead atoms. The summed E-state index contributed by atoms with van der Waals surface area (Å²) in [6, 6.07) is 2.45. The molecule has 3 rings (SSSR count). The first-order chi connectivity index (χ1) is 8.33. The van der Waals surface area contributed by atoms with E-state index in [1.54, 1.807) is 0 Å². The van der Waals surface area contributed by atoms with Gasteiger partial charge in [-0.15, -0.1) is 0 Å². The van der Waals surface area contributed by atoms with Gasteiger partial charge in [0.1, 0.15) is 0 Å². The van der Waals surface area contributed by atoms with Crippen LogP contribution in [0.4, 0.5) is 0 Å². The monoisotopic (exact) mass is 230 g/mol. The summed E-state index contributed by atoms with van der Waals surface area (Å²) in [5.74, 6) is 1.56. The second kappa shape index (κ2) is 4.77. The molecule has 1 saturated heterocycles. The van der Waals surface area contributed by atoms with Crippen LogP contribution in [0, 0.1) is 5.92 Å². The largest absolute Gasteiger partial charge is 0.317 e. The third kappa shape index (κ3) is 2.37. The van der Waals surface area contributed by atoms with Crippen LogP contribution in [0.5, 0.6) is 0 Å². The van der Waals surface area contributed by atoms with Crippen molar-refractivity contribution in [3.63, 3.8) is 0 Å². The maximum absolute atomic E-state index is 4.72. The van der Waals surface area contributed by atoms with E-state index in [2.05, 4.69) is 24.5 Å². The minimum absolute atomic E-state index is 0.744. The van der Waals surface area contributed by atoms with Crippen molar-refractivity contribution < 1.29 is 0 Å². The summed E-state index contributed by atoms with van der Waals surface area (Å²) in [6.07, 6.45) is 8.45. The number of aromatic nitrogens is 1. The predicted molar refractivity (Wildman–Crippen MR) is 70.3 cm³/mol. The molecule has 0 saturated carbocycles. The summed E-state index contributed by atoms with van der Waals surface area (Å²) in [4.78, 5) is 4.72. The van der Waals surface area contributed by atoms with E-state index < -0.39 is 0 Å². The Morgan fingerprint density at radius 2 is 2.06 bits per heavy atom. The second-order valence-electron chi connectivity index (χ2n) is 5.75. The van der Waals surface area contributed by atoms with E-state index in [0.29, 0.717) is 0 Å². The molecule has 0 aromatic carbocycles. The number of aryl methyl sites for hydroxylation is 1. The highest BCUT2D eigenvalue weighted by Gasteiger charge is 2.20. The summed E-state index contributed by atoms with van der Waals surface area (Å²) >= 11 is 0. The van der Waals surface area contributed by atoms with Crippen LogP contribution < -0.4 is 5.32 Å². The Bertz CT molecular complexity index is 394. The summed E-state index contributed by atoms with van der Waals surface area (Å²) in [6.45, 7) is 4.67. The molecule has 0 radical (unpaired) electrons. The fourth-order valence-electron chi connectivity index (χ4n) is 3.17. The number of fused-ring (bicyclic) bond motifs is 1. The Morgan fingerprint density at radius 3 is 2.88 bits per heavy atom. The first-order valence-corrected chi connectivity index (χ1v) is 7.01. The molecule has 2 nitrogen and oxygen atoms in total. The average Bonchev–Trinajstić information content (AvgIpc) is 2.39. The first-order valence-electron chi connectivity index (χ1n) is 7.01. The molecule has 1 unspecified atom stereocenters. The lowest BCUT2D eigenvalue weighted by Crippen LogP contribution is -2.27. The zero-order valence-corrected chi connectivity index (χ0v) is 10.7. The van der Waals surface area contributed by atoms with Gasteiger partial charge in [0, 0.05) is 11.9 Å². The Morgan fingerprint density at radius 1 is 1.24 bits per heavy atom. The van der Waals surface area contributed by atoms with Crippen molar-refractivity contribution in [2.24, 2.45) is 5.92 Å². The van der Waals surface area contributed by atoms with Gasteiger partial charge in [0.05, 0.1) is 0 Å². The molecule has 17 heavy (non-hydrogen) atoms. The lowest BCUT2D eigenvalue weighted by atomic mass is 9.85. The lowest BCUT2D eigenvalue weighted by molar-refractivity contribution is 0.455. The van der Waals surface area contributed by atoms with Crippen LogP contribution in [0.15, 0.2) is 12.3 Å². The molecule has 0 spiro atoms. The summed E-state index contributed by atoms with van der Waals surface area (Å²) in [5, 5.41) is 3.43. The van der Waals surface area contributed by atoms with Crippen molar-refractivity contribution in [2.45, 2.75) is 44.9 Å². The number of hydrogen-bond acceptors (Lipinski definition) is 2. The number of nitrogens with one attached hydrogen (secondary N) is 1. The van der Waals surface area contributed by atoms with Crippen molar-refractivity contribution in [3.8, 4) is 0 Å². The zero-order valence-electron chi connectivity index (χ0n) is 10.7. The van der Waals surface area contributed by atoms with Gasteiger partial charge in [-0.1, -0.05) is 13.0 Å². The first kappa shape index (κ1) is 11.2. The number of piperidine rings is 1. The highest BCUT2D eigenvalue weighted by molar-refractivity contribution is 5.30. The van der Waals surface area contributed by atoms with E-state index in [1.807, 2.05) is 0 Å². The molecule has 1 aromatic rings. The highest BCUT2D eigenvalue weighted by Crippen LogP contribution is 2.29. The van der Waals surface area contributed by atoms with Crippen molar-refractivity contribution in [2.75, 3.05) is 13.1 Å². The van der Waals surface area contributed by atoms with Gasteiger partial charge in [-0.05, 0) is 68.2 Å². The van der Waals surface area contributed by atoms with Gasteiger partial charge in [0.15, 0.2) is 0 Å². The van der Waals surface area contributed by atoms with Crippen LogP contribution in [-0.2, 0) is 12.8 Å². The van der Waals surface area contributed by atoms with Gasteiger partial charge in [-0.2, -0.15) is 0 Å². The van der Waals surface area contributed by atoms with Gasteiger partial charge in [-0.25, -0.2) is 0 Å². The quantitative estimate of drug-likeness (QED) is 0.802. The molecule has 1 N–H and O–H groups in total. The summed E-state index contributed by atoms with van der Waals surface area (Å²) in [5.41, 5.74) is 4.38. The van der Waals surface area contributed by atoms with Crippen LogP contribution in [-0.4, -0.2) is 18.1 Å². The van der Waals surface area contributed by atoms with Gasteiger partial charge >= 0.3 is 0 Å². The SMILES string of the molecule is CC1CCc2cc(C3CCNCC3)cnc2C1. The van der Waals surface area contributed by atoms with Crippen LogP contribution in [0.2, 0.25) is 0 Å². The Kier molecular flexibility index (Phi) is 3.15. The zero-order chi connectivity index (χ0) is 11.7. The molecule has 2 heteroatoms. The fraction of sp³-hybridized carbons (Fsp3) is 0.667. The fourth-order valence-corrected chi connectivity index (χ4v) is 3.17. The van der Waals surface area contributed by atoms with Crippen molar-refractivity contribution in [1.82, 2.24) is 10.3 Å². The minimum Gasteiger partial charge on any atom is -0.317 e. The van der Waals surface area contributed by atoms with Crippen LogP contribution in [0.3, 0.4) is 0 Å². The number of rotatable bonds is 1. The molecule has 1 fully saturated rings. The normalized spacial score (nSPS) is 25.6. The Balaban J connectivity index is 1.82. The third-order valence-corrected chi connectivity index (χ3v) is 4.34. The molecule has 1 aliphatic heterocycles. The predicted octanol–water partition coefficient (Wildman–Crippen LogP) is 2.67. The van der Waals surface area contributed by atoms with Crippen molar-refractivity contribution in [3.05, 3.63) is 29.1 Å². The molecule has 2 aliphatic rings. The Labute approximate surface area is 104 Å². The maximum Gasteiger partial charge on any atom is 0.0438 e. The molecular weight excluding hydrogens is 208 g/mol.